The van der Waals surface area contributed by atoms with Gasteiger partial charge < -0.3 is 5.32 Å². The first-order valence-corrected chi connectivity index (χ1v) is 6.90. The zero-order valence-corrected chi connectivity index (χ0v) is 10.7. The highest BCUT2D eigenvalue weighted by Gasteiger charge is 2.19. The highest BCUT2D eigenvalue weighted by Crippen LogP contribution is 2.19. The zero-order valence-electron chi connectivity index (χ0n) is 9.08. The van der Waals surface area contributed by atoms with Gasteiger partial charge in [0.15, 0.2) is 0 Å². The topological polar surface area (TPSA) is 42.0 Å². The second-order valence-corrected chi connectivity index (χ2v) is 5.43. The maximum Gasteiger partial charge on any atom is 0.254 e. The number of carbonyl (C=O) groups excluding carboxylic acids is 1. The summed E-state index contributed by atoms with van der Waals surface area (Å²) in [6, 6.07) is 1.27. The molecule has 92 valence electrons. The van der Waals surface area contributed by atoms with E-state index >= 15 is 0 Å². The summed E-state index contributed by atoms with van der Waals surface area (Å²) in [6.45, 7) is 0. The number of nitrogens with one attached hydrogen (secondary N) is 1. The third kappa shape index (κ3) is 3.33. The lowest BCUT2D eigenvalue weighted by Gasteiger charge is -2.22. The van der Waals surface area contributed by atoms with E-state index in [1.807, 2.05) is 11.8 Å². The molecule has 0 radical (unpaired) electrons. The first-order chi connectivity index (χ1) is 8.16. The average molecular weight is 275 g/mol. The summed E-state index contributed by atoms with van der Waals surface area (Å²) >= 11 is 7.64. The standard InChI is InChI=1S/C11H12ClFN2OS/c12-10-9(5-7(13)6-14-10)11(16)15-8-1-3-17-4-2-8/h5-6,8H,1-4H2,(H,15,16). The lowest BCUT2D eigenvalue weighted by atomic mass is 10.1. The Hall–Kier alpha value is -0.810. The summed E-state index contributed by atoms with van der Waals surface area (Å²) in [5, 5.41) is 2.90. The second-order valence-electron chi connectivity index (χ2n) is 3.85. The molecule has 2 rings (SSSR count). The largest absolute Gasteiger partial charge is 0.349 e. The number of hydrogen-bond acceptors (Lipinski definition) is 3. The van der Waals surface area contributed by atoms with Gasteiger partial charge in [-0.2, -0.15) is 11.8 Å². The summed E-state index contributed by atoms with van der Waals surface area (Å²) < 4.78 is 13.0. The van der Waals surface area contributed by atoms with E-state index in [2.05, 4.69) is 10.3 Å². The molecule has 0 aliphatic carbocycles. The van der Waals surface area contributed by atoms with Crippen molar-refractivity contribution in [3.05, 3.63) is 28.8 Å². The Bertz CT molecular complexity index is 424. The van der Waals surface area contributed by atoms with Crippen LogP contribution in [0.15, 0.2) is 12.3 Å². The van der Waals surface area contributed by atoms with Gasteiger partial charge in [0.25, 0.3) is 5.91 Å². The molecule has 1 aromatic rings. The highest BCUT2D eigenvalue weighted by atomic mass is 35.5. The quantitative estimate of drug-likeness (QED) is 0.843. The zero-order chi connectivity index (χ0) is 12.3. The Labute approximate surface area is 108 Å². The van der Waals surface area contributed by atoms with Crippen molar-refractivity contribution in [2.24, 2.45) is 0 Å². The molecule has 3 nitrogen and oxygen atoms in total. The monoisotopic (exact) mass is 274 g/mol. The molecule has 1 N–H and O–H groups in total. The van der Waals surface area contributed by atoms with Crippen LogP contribution in [-0.2, 0) is 0 Å². The summed E-state index contributed by atoms with van der Waals surface area (Å²) in [6.07, 6.45) is 2.88. The fraction of sp³-hybridized carbons (Fsp3) is 0.455. The molecule has 1 saturated heterocycles. The number of carbonyl (C=O) groups is 1. The Morgan fingerprint density at radius 1 is 1.53 bits per heavy atom. The van der Waals surface area contributed by atoms with E-state index in [4.69, 9.17) is 11.6 Å². The predicted molar refractivity (Wildman–Crippen MR) is 67.0 cm³/mol. The van der Waals surface area contributed by atoms with Crippen molar-refractivity contribution in [2.45, 2.75) is 18.9 Å². The molecule has 0 aromatic carbocycles. The van der Waals surface area contributed by atoms with Gasteiger partial charge in [0, 0.05) is 6.04 Å². The molecule has 1 amide bonds. The van der Waals surface area contributed by atoms with Crippen LogP contribution in [-0.4, -0.2) is 28.4 Å². The second kappa shape index (κ2) is 5.69. The molecule has 0 bridgehead atoms. The third-order valence-corrected chi connectivity index (χ3v) is 3.96. The lowest BCUT2D eigenvalue weighted by Crippen LogP contribution is -2.37. The first-order valence-electron chi connectivity index (χ1n) is 5.36. The first kappa shape index (κ1) is 12.6. The van der Waals surface area contributed by atoms with Crippen LogP contribution >= 0.6 is 23.4 Å². The number of aromatic nitrogens is 1. The fourth-order valence-corrected chi connectivity index (χ4v) is 2.98. The van der Waals surface area contributed by atoms with Crippen molar-refractivity contribution in [1.29, 1.82) is 0 Å². The van der Waals surface area contributed by atoms with Crippen LogP contribution in [0.2, 0.25) is 5.15 Å². The van der Waals surface area contributed by atoms with Crippen LogP contribution in [0.5, 0.6) is 0 Å². The summed E-state index contributed by atoms with van der Waals surface area (Å²) in [5.41, 5.74) is 0.102. The van der Waals surface area contributed by atoms with Crippen molar-refractivity contribution >= 4 is 29.3 Å². The highest BCUT2D eigenvalue weighted by molar-refractivity contribution is 7.99. The van der Waals surface area contributed by atoms with Crippen molar-refractivity contribution in [2.75, 3.05) is 11.5 Å². The summed E-state index contributed by atoms with van der Waals surface area (Å²) in [4.78, 5) is 15.5. The third-order valence-electron chi connectivity index (χ3n) is 2.61. The molecule has 1 fully saturated rings. The Balaban J connectivity index is 2.05. The smallest absolute Gasteiger partial charge is 0.254 e. The van der Waals surface area contributed by atoms with Gasteiger partial charge in [-0.1, -0.05) is 11.6 Å². The van der Waals surface area contributed by atoms with E-state index in [1.54, 1.807) is 0 Å². The maximum atomic E-state index is 13.0. The molecule has 2 heterocycles. The van der Waals surface area contributed by atoms with Crippen LogP contribution in [0.1, 0.15) is 23.2 Å². The minimum atomic E-state index is -0.557. The molecule has 0 atom stereocenters. The Kier molecular flexibility index (Phi) is 4.23. The molecule has 0 saturated carbocycles. The average Bonchev–Trinajstić information content (AvgIpc) is 2.33. The molecular weight excluding hydrogens is 263 g/mol. The maximum absolute atomic E-state index is 13.0. The van der Waals surface area contributed by atoms with E-state index in [9.17, 15) is 9.18 Å². The molecule has 1 aliphatic heterocycles. The number of thioether (sulfide) groups is 1. The van der Waals surface area contributed by atoms with Gasteiger partial charge in [-0.3, -0.25) is 4.79 Å². The number of halogens is 2. The van der Waals surface area contributed by atoms with E-state index in [0.717, 1.165) is 36.6 Å². The van der Waals surface area contributed by atoms with E-state index in [1.165, 1.54) is 0 Å². The van der Waals surface area contributed by atoms with Crippen LogP contribution in [0.25, 0.3) is 0 Å². The van der Waals surface area contributed by atoms with E-state index in [-0.39, 0.29) is 22.7 Å². The van der Waals surface area contributed by atoms with Crippen molar-refractivity contribution in [3.63, 3.8) is 0 Å². The number of rotatable bonds is 2. The van der Waals surface area contributed by atoms with Crippen LogP contribution in [0, 0.1) is 5.82 Å². The lowest BCUT2D eigenvalue weighted by molar-refractivity contribution is 0.0934. The van der Waals surface area contributed by atoms with Crippen LogP contribution in [0.3, 0.4) is 0 Å². The van der Waals surface area contributed by atoms with Crippen molar-refractivity contribution in [3.8, 4) is 0 Å². The minimum absolute atomic E-state index is 0.0362. The molecule has 1 aromatic heterocycles. The summed E-state index contributed by atoms with van der Waals surface area (Å²) in [5.74, 6) is 1.18. The molecule has 6 heteroatoms. The number of pyridine rings is 1. The number of hydrogen-bond donors (Lipinski definition) is 1. The predicted octanol–water partition coefficient (Wildman–Crippen LogP) is 2.50. The van der Waals surface area contributed by atoms with E-state index in [0.29, 0.717) is 0 Å². The van der Waals surface area contributed by atoms with Crippen molar-refractivity contribution < 1.29 is 9.18 Å². The van der Waals surface area contributed by atoms with Gasteiger partial charge in [0.1, 0.15) is 11.0 Å². The van der Waals surface area contributed by atoms with Gasteiger partial charge in [-0.25, -0.2) is 9.37 Å². The molecule has 0 unspecified atom stereocenters. The SMILES string of the molecule is O=C(NC1CCSCC1)c1cc(F)cnc1Cl. The normalized spacial score (nSPS) is 16.8. The molecule has 0 spiro atoms. The number of nitrogens with zero attached hydrogens (tertiary/aromatic N) is 1. The molecule has 17 heavy (non-hydrogen) atoms. The Morgan fingerprint density at radius 3 is 2.94 bits per heavy atom. The van der Waals surface area contributed by atoms with Crippen LogP contribution < -0.4 is 5.32 Å². The molecular formula is C11H12ClFN2OS. The van der Waals surface area contributed by atoms with Gasteiger partial charge in [0.2, 0.25) is 0 Å². The van der Waals surface area contributed by atoms with Crippen molar-refractivity contribution in [1.82, 2.24) is 10.3 Å². The van der Waals surface area contributed by atoms with Gasteiger partial charge in [-0.15, -0.1) is 0 Å². The number of amides is 1. The van der Waals surface area contributed by atoms with E-state index < -0.39 is 5.82 Å². The van der Waals surface area contributed by atoms with Gasteiger partial charge in [0.05, 0.1) is 11.8 Å². The van der Waals surface area contributed by atoms with Gasteiger partial charge in [-0.05, 0) is 30.4 Å². The van der Waals surface area contributed by atoms with Gasteiger partial charge >= 0.3 is 0 Å². The Morgan fingerprint density at radius 2 is 2.24 bits per heavy atom. The molecule has 1 aliphatic rings. The minimum Gasteiger partial charge on any atom is -0.349 e. The van der Waals surface area contributed by atoms with Crippen LogP contribution in [0.4, 0.5) is 4.39 Å². The summed E-state index contributed by atoms with van der Waals surface area (Å²) in [7, 11) is 0. The fourth-order valence-electron chi connectivity index (χ4n) is 1.69.